The zero-order valence-electron chi connectivity index (χ0n) is 10.0. The largest absolute Gasteiger partial charge is 0.330 e. The molecular formula is C13H11N3O2. The first-order valence-electron chi connectivity index (χ1n) is 5.33. The fraction of sp³-hybridized carbons (Fsp3) is 0.154. The smallest absolute Gasteiger partial charge is 0.295 e. The van der Waals surface area contributed by atoms with Gasteiger partial charge in [0.2, 0.25) is 0 Å². The van der Waals surface area contributed by atoms with E-state index in [-0.39, 0.29) is 5.56 Å². The SMILES string of the molecule is Cn1c(-c2ccccc2)c(C#N)c(=O)n(C)c1=O. The van der Waals surface area contributed by atoms with Gasteiger partial charge in [-0.05, 0) is 5.56 Å². The van der Waals surface area contributed by atoms with Crippen molar-refractivity contribution in [3.05, 3.63) is 56.7 Å². The minimum absolute atomic E-state index is 0.0224. The quantitative estimate of drug-likeness (QED) is 0.735. The molecule has 0 atom stereocenters. The van der Waals surface area contributed by atoms with Gasteiger partial charge in [0.05, 0.1) is 5.69 Å². The Morgan fingerprint density at radius 1 is 1.06 bits per heavy atom. The van der Waals surface area contributed by atoms with Crippen molar-refractivity contribution in [3.8, 4) is 17.3 Å². The third-order valence-corrected chi connectivity index (χ3v) is 2.82. The summed E-state index contributed by atoms with van der Waals surface area (Å²) >= 11 is 0. The van der Waals surface area contributed by atoms with Crippen molar-refractivity contribution in [2.45, 2.75) is 0 Å². The highest BCUT2D eigenvalue weighted by molar-refractivity contribution is 5.66. The summed E-state index contributed by atoms with van der Waals surface area (Å²) in [6.45, 7) is 0. The van der Waals surface area contributed by atoms with E-state index in [0.29, 0.717) is 11.3 Å². The molecule has 1 heterocycles. The van der Waals surface area contributed by atoms with E-state index in [0.717, 1.165) is 4.57 Å². The van der Waals surface area contributed by atoms with Crippen LogP contribution in [0.15, 0.2) is 39.9 Å². The molecule has 0 saturated carbocycles. The summed E-state index contributed by atoms with van der Waals surface area (Å²) in [7, 11) is 2.91. The second-order valence-electron chi connectivity index (χ2n) is 3.91. The normalized spacial score (nSPS) is 10.1. The Labute approximate surface area is 103 Å². The molecule has 1 aromatic heterocycles. The second-order valence-corrected chi connectivity index (χ2v) is 3.91. The van der Waals surface area contributed by atoms with Crippen LogP contribution in [0.5, 0.6) is 0 Å². The summed E-state index contributed by atoms with van der Waals surface area (Å²) in [6.07, 6.45) is 0. The summed E-state index contributed by atoms with van der Waals surface area (Å²) in [4.78, 5) is 23.8. The van der Waals surface area contributed by atoms with Crippen molar-refractivity contribution in [2.75, 3.05) is 0 Å². The fourth-order valence-electron chi connectivity index (χ4n) is 1.88. The lowest BCUT2D eigenvalue weighted by Gasteiger charge is -2.11. The lowest BCUT2D eigenvalue weighted by molar-refractivity contribution is 0.688. The molecular weight excluding hydrogens is 230 g/mol. The van der Waals surface area contributed by atoms with Gasteiger partial charge in [-0.3, -0.25) is 13.9 Å². The van der Waals surface area contributed by atoms with Gasteiger partial charge in [-0.2, -0.15) is 5.26 Å². The first-order valence-corrected chi connectivity index (χ1v) is 5.33. The summed E-state index contributed by atoms with van der Waals surface area (Å²) < 4.78 is 2.25. The molecule has 0 fully saturated rings. The average Bonchev–Trinajstić information content (AvgIpc) is 2.41. The van der Waals surface area contributed by atoms with Gasteiger partial charge in [-0.15, -0.1) is 0 Å². The summed E-state index contributed by atoms with van der Waals surface area (Å²) in [5.41, 5.74) is -0.0133. The highest BCUT2D eigenvalue weighted by atomic mass is 16.2. The Balaban J connectivity index is 2.97. The zero-order valence-corrected chi connectivity index (χ0v) is 10.0. The number of aromatic nitrogens is 2. The predicted molar refractivity (Wildman–Crippen MR) is 67.1 cm³/mol. The van der Waals surface area contributed by atoms with Crippen molar-refractivity contribution in [2.24, 2.45) is 14.1 Å². The van der Waals surface area contributed by atoms with Crippen LogP contribution in [0.25, 0.3) is 11.3 Å². The van der Waals surface area contributed by atoms with Crippen LogP contribution in [0, 0.1) is 11.3 Å². The molecule has 0 amide bonds. The van der Waals surface area contributed by atoms with Gasteiger partial charge in [-0.25, -0.2) is 4.79 Å². The van der Waals surface area contributed by atoms with Crippen LogP contribution in [0.1, 0.15) is 5.56 Å². The van der Waals surface area contributed by atoms with Crippen LogP contribution in [-0.4, -0.2) is 9.13 Å². The topological polar surface area (TPSA) is 67.8 Å². The molecule has 5 nitrogen and oxygen atoms in total. The van der Waals surface area contributed by atoms with Crippen LogP contribution in [0.4, 0.5) is 0 Å². The molecule has 0 aliphatic rings. The molecule has 5 heteroatoms. The number of rotatable bonds is 1. The van der Waals surface area contributed by atoms with E-state index < -0.39 is 11.2 Å². The number of hydrogen-bond acceptors (Lipinski definition) is 3. The van der Waals surface area contributed by atoms with Gasteiger partial charge in [0.25, 0.3) is 5.56 Å². The lowest BCUT2D eigenvalue weighted by atomic mass is 10.1. The third-order valence-electron chi connectivity index (χ3n) is 2.82. The standard InChI is InChI=1S/C13H11N3O2/c1-15-11(9-6-4-3-5-7-9)10(8-14)12(17)16(2)13(15)18/h3-7H,1-2H3. The van der Waals surface area contributed by atoms with Gasteiger partial charge in [0.15, 0.2) is 0 Å². The Kier molecular flexibility index (Phi) is 2.86. The molecule has 90 valence electrons. The van der Waals surface area contributed by atoms with E-state index in [4.69, 9.17) is 5.26 Å². The molecule has 0 unspecified atom stereocenters. The van der Waals surface area contributed by atoms with E-state index in [1.54, 1.807) is 31.3 Å². The number of nitriles is 1. The van der Waals surface area contributed by atoms with Crippen LogP contribution in [0.2, 0.25) is 0 Å². The number of benzene rings is 1. The van der Waals surface area contributed by atoms with Crippen molar-refractivity contribution in [1.29, 1.82) is 5.26 Å². The Morgan fingerprint density at radius 2 is 1.67 bits per heavy atom. The van der Waals surface area contributed by atoms with Gasteiger partial charge >= 0.3 is 5.69 Å². The van der Waals surface area contributed by atoms with Gasteiger partial charge in [0, 0.05) is 14.1 Å². The Morgan fingerprint density at radius 3 is 2.22 bits per heavy atom. The molecule has 0 N–H and O–H groups in total. The van der Waals surface area contributed by atoms with Crippen molar-refractivity contribution >= 4 is 0 Å². The first kappa shape index (κ1) is 11.9. The number of nitrogens with zero attached hydrogens (tertiary/aromatic N) is 3. The molecule has 18 heavy (non-hydrogen) atoms. The van der Waals surface area contributed by atoms with Gasteiger partial charge in [-0.1, -0.05) is 30.3 Å². The highest BCUT2D eigenvalue weighted by Gasteiger charge is 2.16. The average molecular weight is 241 g/mol. The molecule has 0 aliphatic carbocycles. The minimum atomic E-state index is -0.570. The summed E-state index contributed by atoms with van der Waals surface area (Å²) in [6, 6.07) is 10.8. The molecule has 2 rings (SSSR count). The van der Waals surface area contributed by atoms with E-state index in [1.165, 1.54) is 11.6 Å². The maximum Gasteiger partial charge on any atom is 0.330 e. The molecule has 2 aromatic rings. The first-order chi connectivity index (χ1) is 8.57. The van der Waals surface area contributed by atoms with Crippen LogP contribution < -0.4 is 11.2 Å². The molecule has 0 radical (unpaired) electrons. The molecule has 0 spiro atoms. The minimum Gasteiger partial charge on any atom is -0.295 e. The summed E-state index contributed by atoms with van der Waals surface area (Å²) in [5, 5.41) is 9.12. The molecule has 0 saturated heterocycles. The molecule has 1 aromatic carbocycles. The lowest BCUT2D eigenvalue weighted by Crippen LogP contribution is -2.39. The molecule has 0 bridgehead atoms. The number of hydrogen-bond donors (Lipinski definition) is 0. The van der Waals surface area contributed by atoms with Crippen LogP contribution in [0.3, 0.4) is 0 Å². The van der Waals surface area contributed by atoms with E-state index >= 15 is 0 Å². The van der Waals surface area contributed by atoms with E-state index in [1.807, 2.05) is 12.1 Å². The predicted octanol–water partition coefficient (Wildman–Crippen LogP) is 0.623. The van der Waals surface area contributed by atoms with Crippen LogP contribution >= 0.6 is 0 Å². The fourth-order valence-corrected chi connectivity index (χ4v) is 1.88. The monoisotopic (exact) mass is 241 g/mol. The van der Waals surface area contributed by atoms with Gasteiger partial charge < -0.3 is 0 Å². The highest BCUT2D eigenvalue weighted by Crippen LogP contribution is 2.18. The van der Waals surface area contributed by atoms with Crippen molar-refractivity contribution in [1.82, 2.24) is 9.13 Å². The van der Waals surface area contributed by atoms with Crippen molar-refractivity contribution < 1.29 is 0 Å². The molecule has 0 aliphatic heterocycles. The third kappa shape index (κ3) is 1.64. The van der Waals surface area contributed by atoms with Gasteiger partial charge in [0.1, 0.15) is 11.6 Å². The van der Waals surface area contributed by atoms with E-state index in [9.17, 15) is 9.59 Å². The summed E-state index contributed by atoms with van der Waals surface area (Å²) in [5.74, 6) is 0. The van der Waals surface area contributed by atoms with Crippen LogP contribution in [-0.2, 0) is 14.1 Å². The maximum absolute atomic E-state index is 11.9. The Bertz CT molecular complexity index is 749. The second kappa shape index (κ2) is 4.34. The maximum atomic E-state index is 11.9. The Hall–Kier alpha value is -2.61. The van der Waals surface area contributed by atoms with Crippen molar-refractivity contribution in [3.63, 3.8) is 0 Å². The van der Waals surface area contributed by atoms with E-state index in [2.05, 4.69) is 0 Å². The zero-order chi connectivity index (χ0) is 13.3.